The summed E-state index contributed by atoms with van der Waals surface area (Å²) in [5, 5.41) is 4.39. The third kappa shape index (κ3) is 4.98. The van der Waals surface area contributed by atoms with Crippen molar-refractivity contribution >= 4 is 60.9 Å². The average Bonchev–Trinajstić information content (AvgIpc) is 3.78. The average molecular weight is 654 g/mol. The van der Waals surface area contributed by atoms with E-state index in [0.717, 1.165) is 77.6 Å². The number of hydrogen-bond acceptors (Lipinski definition) is 3. The summed E-state index contributed by atoms with van der Waals surface area (Å²) in [5.74, 6) is 0. The Morgan fingerprint density at radius 2 is 0.902 bits per heavy atom. The molecule has 3 heteroatoms. The number of anilines is 3. The summed E-state index contributed by atoms with van der Waals surface area (Å²) in [6.07, 6.45) is 0. The van der Waals surface area contributed by atoms with E-state index in [2.05, 4.69) is 175 Å². The number of nitrogens with zero attached hydrogens (tertiary/aromatic N) is 1. The number of benzene rings is 8. The van der Waals surface area contributed by atoms with Crippen LogP contribution in [0.3, 0.4) is 0 Å². The van der Waals surface area contributed by atoms with Crippen molar-refractivity contribution < 1.29 is 8.83 Å². The molecule has 0 spiro atoms. The van der Waals surface area contributed by atoms with E-state index < -0.39 is 0 Å². The summed E-state index contributed by atoms with van der Waals surface area (Å²) in [5.41, 5.74) is 13.4. The Balaban J connectivity index is 1.17. The first-order valence-corrected chi connectivity index (χ1v) is 17.3. The Bertz CT molecular complexity index is 2850. The summed E-state index contributed by atoms with van der Waals surface area (Å²) in [7, 11) is 0. The highest BCUT2D eigenvalue weighted by atomic mass is 16.3. The predicted molar refractivity (Wildman–Crippen MR) is 212 cm³/mol. The maximum atomic E-state index is 6.79. The molecule has 0 N–H and O–H groups in total. The molecular formula is C48H31NO2. The molecule has 240 valence electrons. The molecule has 2 heterocycles. The van der Waals surface area contributed by atoms with Gasteiger partial charge in [0.25, 0.3) is 0 Å². The third-order valence-corrected chi connectivity index (χ3v) is 9.88. The van der Waals surface area contributed by atoms with Crippen molar-refractivity contribution in [2.24, 2.45) is 0 Å². The molecule has 2 aromatic heterocycles. The van der Waals surface area contributed by atoms with Crippen LogP contribution in [0.1, 0.15) is 0 Å². The van der Waals surface area contributed by atoms with E-state index in [1.54, 1.807) is 0 Å². The van der Waals surface area contributed by atoms with Gasteiger partial charge in [-0.05, 0) is 81.9 Å². The van der Waals surface area contributed by atoms with Gasteiger partial charge in [0, 0.05) is 33.3 Å². The second-order valence-electron chi connectivity index (χ2n) is 12.9. The van der Waals surface area contributed by atoms with Gasteiger partial charge in [-0.25, -0.2) is 0 Å². The van der Waals surface area contributed by atoms with Gasteiger partial charge in [-0.3, -0.25) is 0 Å². The fourth-order valence-electron chi connectivity index (χ4n) is 7.44. The molecule has 10 aromatic rings. The minimum atomic E-state index is 0.835. The quantitative estimate of drug-likeness (QED) is 0.179. The van der Waals surface area contributed by atoms with Gasteiger partial charge in [0.1, 0.15) is 16.7 Å². The highest BCUT2D eigenvalue weighted by Crippen LogP contribution is 2.46. The SMILES string of the molecule is c1ccc(-c2cccc(-c3ccc(N(c4ccc5c(c4)oc4ccccc45)c4ccc(-c5ccccc5)c5c4oc4ccccc45)cc3)c2)cc1. The van der Waals surface area contributed by atoms with Crippen molar-refractivity contribution in [3.8, 4) is 33.4 Å². The van der Waals surface area contributed by atoms with Crippen LogP contribution in [0.15, 0.2) is 197 Å². The van der Waals surface area contributed by atoms with Crippen LogP contribution < -0.4 is 4.90 Å². The van der Waals surface area contributed by atoms with E-state index in [4.69, 9.17) is 8.83 Å². The lowest BCUT2D eigenvalue weighted by Crippen LogP contribution is -2.10. The van der Waals surface area contributed by atoms with E-state index in [1.807, 2.05) is 18.2 Å². The Morgan fingerprint density at radius 3 is 1.65 bits per heavy atom. The first kappa shape index (κ1) is 29.1. The molecule has 0 bridgehead atoms. The van der Waals surface area contributed by atoms with Gasteiger partial charge in [-0.2, -0.15) is 0 Å². The summed E-state index contributed by atoms with van der Waals surface area (Å²) in [4.78, 5) is 2.29. The fraction of sp³-hybridized carbons (Fsp3) is 0. The Morgan fingerprint density at radius 1 is 0.333 bits per heavy atom. The topological polar surface area (TPSA) is 29.5 Å². The molecular weight excluding hydrogens is 623 g/mol. The van der Waals surface area contributed by atoms with Gasteiger partial charge in [0.2, 0.25) is 0 Å². The molecule has 8 aromatic carbocycles. The van der Waals surface area contributed by atoms with Gasteiger partial charge in [0.15, 0.2) is 5.58 Å². The van der Waals surface area contributed by atoms with Gasteiger partial charge in [0.05, 0.1) is 11.4 Å². The maximum Gasteiger partial charge on any atom is 0.160 e. The largest absolute Gasteiger partial charge is 0.456 e. The predicted octanol–water partition coefficient (Wildman–Crippen LogP) is 14.0. The van der Waals surface area contributed by atoms with E-state index in [-0.39, 0.29) is 0 Å². The van der Waals surface area contributed by atoms with Crippen molar-refractivity contribution in [3.63, 3.8) is 0 Å². The molecule has 0 amide bonds. The molecule has 0 unspecified atom stereocenters. The minimum absolute atomic E-state index is 0.835. The van der Waals surface area contributed by atoms with Crippen LogP contribution in [-0.4, -0.2) is 0 Å². The number of rotatable bonds is 6. The van der Waals surface area contributed by atoms with E-state index in [9.17, 15) is 0 Å². The molecule has 0 radical (unpaired) electrons. The lowest BCUT2D eigenvalue weighted by molar-refractivity contribution is 0.667. The lowest BCUT2D eigenvalue weighted by atomic mass is 9.97. The first-order valence-electron chi connectivity index (χ1n) is 17.3. The van der Waals surface area contributed by atoms with E-state index >= 15 is 0 Å². The first-order chi connectivity index (χ1) is 25.3. The molecule has 10 rings (SSSR count). The zero-order valence-corrected chi connectivity index (χ0v) is 27.7. The molecule has 0 saturated carbocycles. The van der Waals surface area contributed by atoms with Crippen LogP contribution in [0, 0.1) is 0 Å². The maximum absolute atomic E-state index is 6.79. The molecule has 0 aliphatic rings. The van der Waals surface area contributed by atoms with Crippen molar-refractivity contribution in [1.82, 2.24) is 0 Å². The van der Waals surface area contributed by atoms with Crippen LogP contribution in [0.2, 0.25) is 0 Å². The van der Waals surface area contributed by atoms with E-state index in [0.29, 0.717) is 0 Å². The Kier molecular flexibility index (Phi) is 6.81. The van der Waals surface area contributed by atoms with Crippen molar-refractivity contribution in [2.75, 3.05) is 4.90 Å². The molecule has 0 saturated heterocycles. The number of hydrogen-bond donors (Lipinski definition) is 0. The third-order valence-electron chi connectivity index (χ3n) is 9.88. The smallest absolute Gasteiger partial charge is 0.160 e. The minimum Gasteiger partial charge on any atom is -0.456 e. The zero-order chi connectivity index (χ0) is 33.7. The summed E-state index contributed by atoms with van der Waals surface area (Å²) >= 11 is 0. The van der Waals surface area contributed by atoms with Crippen LogP contribution in [-0.2, 0) is 0 Å². The number of fused-ring (bicyclic) bond motifs is 6. The van der Waals surface area contributed by atoms with Crippen LogP contribution in [0.4, 0.5) is 17.1 Å². The zero-order valence-electron chi connectivity index (χ0n) is 27.7. The molecule has 3 nitrogen and oxygen atoms in total. The summed E-state index contributed by atoms with van der Waals surface area (Å²) < 4.78 is 13.2. The summed E-state index contributed by atoms with van der Waals surface area (Å²) in [6.45, 7) is 0. The monoisotopic (exact) mass is 653 g/mol. The Labute approximate surface area is 295 Å². The van der Waals surface area contributed by atoms with Crippen LogP contribution in [0.25, 0.3) is 77.3 Å². The van der Waals surface area contributed by atoms with Crippen molar-refractivity contribution in [3.05, 3.63) is 188 Å². The van der Waals surface area contributed by atoms with Crippen molar-refractivity contribution in [1.29, 1.82) is 0 Å². The standard InChI is InChI=1S/C48H31NO2/c1-3-12-32(13-4-1)35-16-11-17-36(30-35)33-22-24-37(25-23-33)49(38-26-27-41-40-18-7-9-20-44(40)50-46(41)31-38)43-29-28-39(34-14-5-2-6-15-34)47-42-19-8-10-21-45(42)51-48(43)47/h1-31H. The van der Waals surface area contributed by atoms with Crippen LogP contribution in [0.5, 0.6) is 0 Å². The van der Waals surface area contributed by atoms with Gasteiger partial charge < -0.3 is 13.7 Å². The van der Waals surface area contributed by atoms with Gasteiger partial charge >= 0.3 is 0 Å². The molecule has 0 atom stereocenters. The highest BCUT2D eigenvalue weighted by Gasteiger charge is 2.23. The Hall–Kier alpha value is -6.84. The summed E-state index contributed by atoms with van der Waals surface area (Å²) in [6, 6.07) is 66.1. The highest BCUT2D eigenvalue weighted by molar-refractivity contribution is 6.17. The van der Waals surface area contributed by atoms with Crippen molar-refractivity contribution in [2.45, 2.75) is 0 Å². The molecule has 0 aliphatic carbocycles. The van der Waals surface area contributed by atoms with E-state index in [1.165, 1.54) is 16.7 Å². The molecule has 0 fully saturated rings. The lowest BCUT2D eigenvalue weighted by Gasteiger charge is -2.26. The van der Waals surface area contributed by atoms with Crippen LogP contribution >= 0.6 is 0 Å². The second kappa shape index (κ2) is 11.9. The second-order valence-corrected chi connectivity index (χ2v) is 12.9. The number of para-hydroxylation sites is 2. The van der Waals surface area contributed by atoms with Gasteiger partial charge in [-0.15, -0.1) is 0 Å². The molecule has 51 heavy (non-hydrogen) atoms. The normalized spacial score (nSPS) is 11.5. The number of furan rings is 2. The van der Waals surface area contributed by atoms with Gasteiger partial charge in [-0.1, -0.05) is 133 Å². The fourth-order valence-corrected chi connectivity index (χ4v) is 7.44. The molecule has 0 aliphatic heterocycles.